The minimum Gasteiger partial charge on any atom is -0.497 e. The number of hydrogen-bond donors (Lipinski definition) is 0. The second-order valence-electron chi connectivity index (χ2n) is 6.69. The molecule has 0 heterocycles. The minimum absolute atomic E-state index is 0.537. The maximum Gasteiger partial charge on any atom is 0.118 e. The van der Waals surface area contributed by atoms with E-state index in [0.717, 1.165) is 35.5 Å². The van der Waals surface area contributed by atoms with Gasteiger partial charge in [-0.1, -0.05) is 54.6 Å². The van der Waals surface area contributed by atoms with Gasteiger partial charge in [-0.25, -0.2) is 0 Å². The Morgan fingerprint density at radius 3 is 1.69 bits per heavy atom. The van der Waals surface area contributed by atoms with E-state index in [1.54, 1.807) is 14.2 Å². The van der Waals surface area contributed by atoms with E-state index in [9.17, 15) is 0 Å². The van der Waals surface area contributed by atoms with Gasteiger partial charge in [0.15, 0.2) is 0 Å². The van der Waals surface area contributed by atoms with Crippen molar-refractivity contribution >= 4 is 11.1 Å². The normalized spacial score (nSPS) is 10.1. The van der Waals surface area contributed by atoms with Gasteiger partial charge in [0.25, 0.3) is 0 Å². The molecule has 0 radical (unpaired) electrons. The van der Waals surface area contributed by atoms with Crippen LogP contribution in [-0.4, -0.2) is 14.2 Å². The van der Waals surface area contributed by atoms with Crippen LogP contribution in [0.5, 0.6) is 11.5 Å². The van der Waals surface area contributed by atoms with Gasteiger partial charge < -0.3 is 9.47 Å². The lowest BCUT2D eigenvalue weighted by Crippen LogP contribution is -1.97. The Morgan fingerprint density at radius 2 is 1.24 bits per heavy atom. The quantitative estimate of drug-likeness (QED) is 0.336. The first-order valence-corrected chi connectivity index (χ1v) is 9.71. The number of ether oxygens (including phenoxy) is 2. The number of methoxy groups -OCH3 is 2. The van der Waals surface area contributed by atoms with Crippen LogP contribution in [0, 0.1) is 11.3 Å². The molecule has 3 nitrogen and oxygen atoms in total. The molecule has 3 rings (SSSR count). The van der Waals surface area contributed by atoms with E-state index in [0.29, 0.717) is 6.42 Å². The van der Waals surface area contributed by atoms with Crippen molar-refractivity contribution in [1.29, 1.82) is 5.26 Å². The van der Waals surface area contributed by atoms with E-state index in [4.69, 9.17) is 14.7 Å². The van der Waals surface area contributed by atoms with Crippen molar-refractivity contribution in [3.8, 4) is 17.6 Å². The van der Waals surface area contributed by atoms with E-state index < -0.39 is 0 Å². The Hall–Kier alpha value is -3.51. The number of hydrogen-bond acceptors (Lipinski definition) is 3. The standard InChI is InChI=1S/C26H25NO2/c1-28-23-15-11-21(12-16-23)26(22-13-17-24(29-2)18-14-22)25(10-6-7-19-27)20-8-4-3-5-9-20/h3-5,8-9,11-18H,6-7,10H2,1-2H3. The first-order valence-electron chi connectivity index (χ1n) is 9.71. The molecule has 0 saturated heterocycles. The summed E-state index contributed by atoms with van der Waals surface area (Å²) in [4.78, 5) is 0. The highest BCUT2D eigenvalue weighted by Gasteiger charge is 2.14. The zero-order valence-corrected chi connectivity index (χ0v) is 16.9. The summed E-state index contributed by atoms with van der Waals surface area (Å²) >= 11 is 0. The summed E-state index contributed by atoms with van der Waals surface area (Å²) in [5.74, 6) is 1.65. The van der Waals surface area contributed by atoms with Crippen molar-refractivity contribution in [2.45, 2.75) is 19.3 Å². The Morgan fingerprint density at radius 1 is 0.724 bits per heavy atom. The molecular formula is C26H25NO2. The molecule has 0 aliphatic carbocycles. The van der Waals surface area contributed by atoms with Gasteiger partial charge in [0.2, 0.25) is 0 Å². The van der Waals surface area contributed by atoms with Gasteiger partial charge in [0.05, 0.1) is 20.3 Å². The molecule has 146 valence electrons. The first-order chi connectivity index (χ1) is 14.3. The summed E-state index contributed by atoms with van der Waals surface area (Å²) in [5.41, 5.74) is 5.81. The summed E-state index contributed by atoms with van der Waals surface area (Å²) < 4.78 is 10.7. The Balaban J connectivity index is 2.20. The lowest BCUT2D eigenvalue weighted by Gasteiger charge is -2.18. The van der Waals surface area contributed by atoms with Crippen LogP contribution in [0.4, 0.5) is 0 Å². The van der Waals surface area contributed by atoms with E-state index >= 15 is 0 Å². The van der Waals surface area contributed by atoms with Crippen LogP contribution >= 0.6 is 0 Å². The highest BCUT2D eigenvalue weighted by Crippen LogP contribution is 2.36. The second kappa shape index (κ2) is 10.1. The molecule has 0 amide bonds. The predicted octanol–water partition coefficient (Wildman–Crippen LogP) is 6.36. The molecule has 0 atom stereocenters. The molecule has 0 spiro atoms. The largest absolute Gasteiger partial charge is 0.497 e. The summed E-state index contributed by atoms with van der Waals surface area (Å²) in [6.45, 7) is 0. The topological polar surface area (TPSA) is 42.2 Å². The van der Waals surface area contributed by atoms with Gasteiger partial charge >= 0.3 is 0 Å². The number of unbranched alkanes of at least 4 members (excludes halogenated alkanes) is 1. The molecule has 3 aromatic carbocycles. The van der Waals surface area contributed by atoms with Crippen molar-refractivity contribution in [2.24, 2.45) is 0 Å². The van der Waals surface area contributed by atoms with Crippen molar-refractivity contribution < 1.29 is 9.47 Å². The van der Waals surface area contributed by atoms with Crippen LogP contribution in [0.15, 0.2) is 78.9 Å². The number of nitriles is 1. The zero-order valence-electron chi connectivity index (χ0n) is 16.9. The highest BCUT2D eigenvalue weighted by atomic mass is 16.5. The van der Waals surface area contributed by atoms with Gasteiger partial charge in [-0.3, -0.25) is 0 Å². The maximum absolute atomic E-state index is 9.04. The van der Waals surface area contributed by atoms with Crippen molar-refractivity contribution in [3.05, 3.63) is 95.6 Å². The Kier molecular flexibility index (Phi) is 7.08. The van der Waals surface area contributed by atoms with Gasteiger partial charge in [-0.05, 0) is 64.9 Å². The number of allylic oxidation sites excluding steroid dienone is 1. The zero-order chi connectivity index (χ0) is 20.5. The molecule has 29 heavy (non-hydrogen) atoms. The van der Waals surface area contributed by atoms with Crippen molar-refractivity contribution in [2.75, 3.05) is 14.2 Å². The summed E-state index contributed by atoms with van der Waals surface area (Å²) in [5, 5.41) is 9.04. The molecule has 0 unspecified atom stereocenters. The maximum atomic E-state index is 9.04. The molecule has 0 N–H and O–H groups in total. The Bertz CT molecular complexity index is 932. The molecule has 0 aromatic heterocycles. The smallest absolute Gasteiger partial charge is 0.118 e. The third kappa shape index (κ3) is 5.06. The fourth-order valence-corrected chi connectivity index (χ4v) is 3.43. The van der Waals surface area contributed by atoms with E-state index in [1.807, 2.05) is 30.3 Å². The van der Waals surface area contributed by atoms with Crippen LogP contribution in [0.3, 0.4) is 0 Å². The molecule has 3 aromatic rings. The first kappa shape index (κ1) is 20.2. The van der Waals surface area contributed by atoms with Gasteiger partial charge in [-0.15, -0.1) is 0 Å². The number of rotatable bonds is 8. The second-order valence-corrected chi connectivity index (χ2v) is 6.69. The molecule has 0 saturated carbocycles. The lowest BCUT2D eigenvalue weighted by atomic mass is 9.87. The van der Waals surface area contributed by atoms with E-state index in [2.05, 4.69) is 54.6 Å². The number of nitrogens with zero attached hydrogens (tertiary/aromatic N) is 1. The third-order valence-electron chi connectivity index (χ3n) is 4.90. The van der Waals surface area contributed by atoms with Gasteiger partial charge in [0.1, 0.15) is 11.5 Å². The van der Waals surface area contributed by atoms with E-state index in [1.165, 1.54) is 16.7 Å². The average Bonchev–Trinajstić information content (AvgIpc) is 2.80. The van der Waals surface area contributed by atoms with Crippen LogP contribution in [0.1, 0.15) is 36.0 Å². The van der Waals surface area contributed by atoms with Crippen LogP contribution in [-0.2, 0) is 0 Å². The van der Waals surface area contributed by atoms with Crippen LogP contribution < -0.4 is 9.47 Å². The minimum atomic E-state index is 0.537. The van der Waals surface area contributed by atoms with Gasteiger partial charge in [-0.2, -0.15) is 5.26 Å². The van der Waals surface area contributed by atoms with Crippen LogP contribution in [0.25, 0.3) is 11.1 Å². The fraction of sp³-hybridized carbons (Fsp3) is 0.192. The van der Waals surface area contributed by atoms with Crippen molar-refractivity contribution in [1.82, 2.24) is 0 Å². The fourth-order valence-electron chi connectivity index (χ4n) is 3.43. The summed E-state index contributed by atoms with van der Waals surface area (Å²) in [6.07, 6.45) is 2.18. The lowest BCUT2D eigenvalue weighted by molar-refractivity contribution is 0.414. The van der Waals surface area contributed by atoms with E-state index in [-0.39, 0.29) is 0 Å². The average molecular weight is 383 g/mol. The molecule has 3 heteroatoms. The SMILES string of the molecule is COc1ccc(C(=C(CCCC#N)c2ccccc2)c2ccc(OC)cc2)cc1. The van der Waals surface area contributed by atoms with Gasteiger partial charge in [0, 0.05) is 6.42 Å². The summed E-state index contributed by atoms with van der Waals surface area (Å²) in [7, 11) is 3.35. The Labute approximate surface area is 172 Å². The third-order valence-corrected chi connectivity index (χ3v) is 4.90. The highest BCUT2D eigenvalue weighted by molar-refractivity contribution is 5.98. The molecule has 0 aliphatic heterocycles. The van der Waals surface area contributed by atoms with Crippen molar-refractivity contribution in [3.63, 3.8) is 0 Å². The molecule has 0 fully saturated rings. The number of benzene rings is 3. The molecular weight excluding hydrogens is 358 g/mol. The molecule has 0 bridgehead atoms. The molecule has 0 aliphatic rings. The monoisotopic (exact) mass is 383 g/mol. The summed E-state index contributed by atoms with van der Waals surface area (Å²) in [6, 6.07) is 29.0. The van der Waals surface area contributed by atoms with Crippen LogP contribution in [0.2, 0.25) is 0 Å². The predicted molar refractivity (Wildman–Crippen MR) is 118 cm³/mol.